The second-order valence-corrected chi connectivity index (χ2v) is 12.6. The molecule has 0 amide bonds. The molecule has 2 heteroatoms. The van der Waals surface area contributed by atoms with Crippen LogP contribution in [0.5, 0.6) is 0 Å². The lowest BCUT2D eigenvalue weighted by Crippen LogP contribution is -2.15. The fourth-order valence-electron chi connectivity index (χ4n) is 7.94. The van der Waals surface area contributed by atoms with E-state index in [1.165, 1.54) is 93.9 Å². The van der Waals surface area contributed by atoms with Crippen LogP contribution in [0.15, 0.2) is 164 Å². The summed E-state index contributed by atoms with van der Waals surface area (Å²) in [5.74, 6) is 0. The minimum absolute atomic E-state index is 1.18. The van der Waals surface area contributed by atoms with Gasteiger partial charge in [-0.25, -0.2) is 0 Å². The largest absolute Gasteiger partial charge is 0.309 e. The van der Waals surface area contributed by atoms with Crippen LogP contribution in [0, 0.1) is 6.92 Å². The maximum Gasteiger partial charge on any atom is 0.0546 e. The average Bonchev–Trinajstić information content (AvgIpc) is 3.46. The van der Waals surface area contributed by atoms with Gasteiger partial charge < -0.3 is 9.47 Å². The van der Waals surface area contributed by atoms with E-state index in [0.29, 0.717) is 0 Å². The quantitative estimate of drug-likeness (QED) is 0.196. The van der Waals surface area contributed by atoms with E-state index in [-0.39, 0.29) is 0 Å². The van der Waals surface area contributed by atoms with E-state index in [0.717, 1.165) is 0 Å². The lowest BCUT2D eigenvalue weighted by atomic mass is 9.88. The summed E-state index contributed by atoms with van der Waals surface area (Å²) < 4.78 is 2.38. The van der Waals surface area contributed by atoms with Crippen molar-refractivity contribution in [1.29, 1.82) is 0 Å². The van der Waals surface area contributed by atoms with Gasteiger partial charge in [-0.15, -0.1) is 0 Å². The third-order valence-electron chi connectivity index (χ3n) is 10.0. The maximum atomic E-state index is 2.50. The zero-order chi connectivity index (χ0) is 31.1. The zero-order valence-electron chi connectivity index (χ0n) is 26.0. The van der Waals surface area contributed by atoms with Crippen LogP contribution in [0.3, 0.4) is 0 Å². The van der Waals surface area contributed by atoms with Crippen LogP contribution in [0.2, 0.25) is 0 Å². The fraction of sp³-hybridized carbons (Fsp3) is 0.0222. The highest BCUT2D eigenvalue weighted by Crippen LogP contribution is 2.53. The first kappa shape index (κ1) is 26.1. The number of aryl methyl sites for hydroxylation is 1. The minimum atomic E-state index is 1.18. The van der Waals surface area contributed by atoms with Gasteiger partial charge in [0.15, 0.2) is 0 Å². The summed E-state index contributed by atoms with van der Waals surface area (Å²) in [5, 5.41) is 7.63. The van der Waals surface area contributed by atoms with Gasteiger partial charge in [0.1, 0.15) is 0 Å². The van der Waals surface area contributed by atoms with Crippen LogP contribution in [-0.2, 0) is 0 Å². The Bertz CT molecular complexity index is 2690. The molecule has 0 unspecified atom stereocenters. The molecular weight excluding hydrogens is 569 g/mol. The summed E-state index contributed by atoms with van der Waals surface area (Å²) in [6, 6.07) is 60.1. The lowest BCUT2D eigenvalue weighted by Gasteiger charge is -2.35. The van der Waals surface area contributed by atoms with Crippen molar-refractivity contribution in [1.82, 2.24) is 4.57 Å². The summed E-state index contributed by atoms with van der Waals surface area (Å²) in [7, 11) is 0. The molecule has 0 aliphatic carbocycles. The normalized spacial score (nSPS) is 12.3. The molecule has 0 spiro atoms. The molecule has 2 heterocycles. The third-order valence-corrected chi connectivity index (χ3v) is 10.0. The molecule has 220 valence electrons. The van der Waals surface area contributed by atoms with Crippen LogP contribution < -0.4 is 4.90 Å². The van der Waals surface area contributed by atoms with Gasteiger partial charge in [0, 0.05) is 32.8 Å². The second kappa shape index (κ2) is 9.94. The highest BCUT2D eigenvalue weighted by atomic mass is 15.2. The number of para-hydroxylation sites is 2. The zero-order valence-corrected chi connectivity index (χ0v) is 26.0. The van der Waals surface area contributed by atoms with Crippen molar-refractivity contribution in [3.63, 3.8) is 0 Å². The van der Waals surface area contributed by atoms with Gasteiger partial charge in [-0.05, 0) is 88.5 Å². The van der Waals surface area contributed by atoms with E-state index in [1.54, 1.807) is 0 Å². The van der Waals surface area contributed by atoms with Crippen LogP contribution in [-0.4, -0.2) is 4.57 Å². The van der Waals surface area contributed by atoms with Crippen LogP contribution in [0.25, 0.3) is 71.3 Å². The van der Waals surface area contributed by atoms with Crippen molar-refractivity contribution in [3.05, 3.63) is 169 Å². The van der Waals surface area contributed by atoms with Crippen molar-refractivity contribution in [2.75, 3.05) is 4.90 Å². The van der Waals surface area contributed by atoms with E-state index < -0.39 is 0 Å². The summed E-state index contributed by atoms with van der Waals surface area (Å²) in [6.07, 6.45) is 0. The average molecular weight is 599 g/mol. The van der Waals surface area contributed by atoms with E-state index in [1.807, 2.05) is 0 Å². The van der Waals surface area contributed by atoms with Gasteiger partial charge in [-0.3, -0.25) is 0 Å². The number of fused-ring (bicyclic) bond motifs is 6. The molecule has 2 nitrogen and oxygen atoms in total. The topological polar surface area (TPSA) is 8.17 Å². The van der Waals surface area contributed by atoms with Crippen molar-refractivity contribution in [2.45, 2.75) is 6.92 Å². The maximum absolute atomic E-state index is 2.50. The lowest BCUT2D eigenvalue weighted by molar-refractivity contribution is 1.18. The standard InChI is InChI=1S/C45H30N2/c1-29-11-7-12-30-14-9-21-41(44(29)30)47-42-22-10-15-31-13-8-19-37(45(31)42)36-25-23-33(28-43(36)47)32-24-26-40-38(27-32)35-18-5-6-20-39(35)46(40)34-16-3-2-4-17-34/h2-28H,1H3. The minimum Gasteiger partial charge on any atom is -0.309 e. The molecule has 1 aromatic heterocycles. The van der Waals surface area contributed by atoms with Crippen molar-refractivity contribution in [3.8, 4) is 27.9 Å². The highest BCUT2D eigenvalue weighted by molar-refractivity contribution is 6.17. The smallest absolute Gasteiger partial charge is 0.0546 e. The first-order valence-corrected chi connectivity index (χ1v) is 16.3. The molecule has 8 aromatic carbocycles. The number of anilines is 3. The van der Waals surface area contributed by atoms with Crippen molar-refractivity contribution >= 4 is 60.4 Å². The fourth-order valence-corrected chi connectivity index (χ4v) is 7.94. The Balaban J connectivity index is 1.23. The molecule has 0 saturated heterocycles. The Morgan fingerprint density at radius 2 is 1.04 bits per heavy atom. The van der Waals surface area contributed by atoms with Gasteiger partial charge in [-0.1, -0.05) is 115 Å². The molecule has 0 bridgehead atoms. The van der Waals surface area contributed by atoms with Crippen LogP contribution >= 0.6 is 0 Å². The van der Waals surface area contributed by atoms with Crippen LogP contribution in [0.4, 0.5) is 17.1 Å². The number of aromatic nitrogens is 1. The second-order valence-electron chi connectivity index (χ2n) is 12.6. The predicted octanol–water partition coefficient (Wildman–Crippen LogP) is 12.5. The number of hydrogen-bond donors (Lipinski definition) is 0. The Labute approximate surface area is 273 Å². The molecule has 10 rings (SSSR count). The number of hydrogen-bond acceptors (Lipinski definition) is 1. The molecule has 9 aromatic rings. The van der Waals surface area contributed by atoms with Crippen LogP contribution in [0.1, 0.15) is 5.56 Å². The Morgan fingerprint density at radius 3 is 1.87 bits per heavy atom. The van der Waals surface area contributed by atoms with Crippen molar-refractivity contribution in [2.24, 2.45) is 0 Å². The first-order chi connectivity index (χ1) is 23.2. The Hall–Kier alpha value is -6.12. The van der Waals surface area contributed by atoms with E-state index in [2.05, 4.69) is 180 Å². The molecule has 0 saturated carbocycles. The van der Waals surface area contributed by atoms with Crippen molar-refractivity contribution < 1.29 is 0 Å². The molecule has 0 atom stereocenters. The first-order valence-electron chi connectivity index (χ1n) is 16.3. The van der Waals surface area contributed by atoms with Gasteiger partial charge >= 0.3 is 0 Å². The van der Waals surface area contributed by atoms with Gasteiger partial charge in [0.05, 0.1) is 28.1 Å². The van der Waals surface area contributed by atoms with Gasteiger partial charge in [0.2, 0.25) is 0 Å². The summed E-state index contributed by atoms with van der Waals surface area (Å²) in [4.78, 5) is 2.50. The Kier molecular flexibility index (Phi) is 5.53. The number of nitrogens with zero attached hydrogens (tertiary/aromatic N) is 2. The molecule has 47 heavy (non-hydrogen) atoms. The monoisotopic (exact) mass is 598 g/mol. The molecular formula is C45H30N2. The summed E-state index contributed by atoms with van der Waals surface area (Å²) in [6.45, 7) is 2.22. The number of benzene rings is 8. The summed E-state index contributed by atoms with van der Waals surface area (Å²) in [5.41, 5.74) is 13.5. The van der Waals surface area contributed by atoms with Gasteiger partial charge in [-0.2, -0.15) is 0 Å². The highest BCUT2D eigenvalue weighted by Gasteiger charge is 2.27. The molecule has 1 aliphatic heterocycles. The molecule has 1 aliphatic rings. The van der Waals surface area contributed by atoms with Gasteiger partial charge in [0.25, 0.3) is 0 Å². The molecule has 0 N–H and O–H groups in total. The van der Waals surface area contributed by atoms with E-state index >= 15 is 0 Å². The number of rotatable bonds is 3. The predicted molar refractivity (Wildman–Crippen MR) is 200 cm³/mol. The SMILES string of the molecule is Cc1cccc2cccc(N3c4cc(-c5ccc6c(c5)c5ccccc5n6-c5ccccc5)ccc4-c4cccc5cccc3c45)c12. The summed E-state index contributed by atoms with van der Waals surface area (Å²) >= 11 is 0. The molecule has 0 radical (unpaired) electrons. The Morgan fingerprint density at radius 1 is 0.404 bits per heavy atom. The molecule has 0 fully saturated rings. The van der Waals surface area contributed by atoms with E-state index in [4.69, 9.17) is 0 Å². The third kappa shape index (κ3) is 3.79. The van der Waals surface area contributed by atoms with E-state index in [9.17, 15) is 0 Å².